The van der Waals surface area contributed by atoms with E-state index in [1.165, 1.54) is 0 Å². The summed E-state index contributed by atoms with van der Waals surface area (Å²) in [6, 6.07) is 18.4. The number of aromatic nitrogens is 4. The van der Waals surface area contributed by atoms with Crippen molar-refractivity contribution in [1.29, 1.82) is 0 Å². The van der Waals surface area contributed by atoms with E-state index < -0.39 is 5.97 Å². The molecule has 4 aromatic rings. The van der Waals surface area contributed by atoms with Gasteiger partial charge in [-0.15, -0.1) is 0 Å². The average Bonchev–Trinajstić information content (AvgIpc) is 3.43. The molecule has 0 saturated heterocycles. The Morgan fingerprint density at radius 1 is 1.07 bits per heavy atom. The Morgan fingerprint density at radius 2 is 1.86 bits per heavy atom. The number of hydrogen-bond acceptors (Lipinski definition) is 7. The first-order valence-corrected chi connectivity index (χ1v) is 8.48. The molecule has 2 heterocycles. The molecule has 8 nitrogen and oxygen atoms in total. The van der Waals surface area contributed by atoms with Gasteiger partial charge in [-0.05, 0) is 30.3 Å². The maximum Gasteiger partial charge on any atom is 0.356 e. The van der Waals surface area contributed by atoms with Crippen LogP contribution in [0.1, 0.15) is 16.4 Å². The van der Waals surface area contributed by atoms with Crippen molar-refractivity contribution < 1.29 is 18.8 Å². The second-order valence-corrected chi connectivity index (χ2v) is 5.85. The number of carbonyl (C=O) groups excluding carboxylic acids is 1. The Labute approximate surface area is 160 Å². The largest absolute Gasteiger partial charge is 0.497 e. The third kappa shape index (κ3) is 3.75. The molecule has 4 rings (SSSR count). The number of benzene rings is 2. The van der Waals surface area contributed by atoms with Gasteiger partial charge in [0.15, 0.2) is 6.61 Å². The predicted molar refractivity (Wildman–Crippen MR) is 99.4 cm³/mol. The molecule has 0 aliphatic heterocycles. The first-order valence-electron chi connectivity index (χ1n) is 8.48. The van der Waals surface area contributed by atoms with E-state index in [1.54, 1.807) is 25.3 Å². The highest BCUT2D eigenvalue weighted by Gasteiger charge is 2.15. The van der Waals surface area contributed by atoms with Crippen LogP contribution in [0.25, 0.3) is 22.6 Å². The summed E-state index contributed by atoms with van der Waals surface area (Å²) in [4.78, 5) is 16.4. The molecular formula is C20H16N4O4. The van der Waals surface area contributed by atoms with Crippen molar-refractivity contribution in [3.63, 3.8) is 0 Å². The molecule has 0 bridgehead atoms. The van der Waals surface area contributed by atoms with Gasteiger partial charge in [0.1, 0.15) is 11.4 Å². The van der Waals surface area contributed by atoms with Crippen LogP contribution < -0.4 is 4.74 Å². The normalized spacial score (nSPS) is 10.6. The molecule has 8 heteroatoms. The standard InChI is InChI=1S/C20H16N4O4/c1-26-15-9-7-14(8-10-15)19-21-18(28-24-19)12-27-20(25)17-11-16(22-23-17)13-5-3-2-4-6-13/h2-11H,12H2,1H3,(H,22,23). The highest BCUT2D eigenvalue weighted by atomic mass is 16.6. The average molecular weight is 376 g/mol. The molecule has 0 fully saturated rings. The summed E-state index contributed by atoms with van der Waals surface area (Å²) in [6.07, 6.45) is 0. The number of nitrogens with zero attached hydrogens (tertiary/aromatic N) is 3. The van der Waals surface area contributed by atoms with Crippen molar-refractivity contribution >= 4 is 5.97 Å². The van der Waals surface area contributed by atoms with Crippen molar-refractivity contribution in [1.82, 2.24) is 20.3 Å². The number of hydrogen-bond donors (Lipinski definition) is 1. The first kappa shape index (κ1) is 17.5. The number of aromatic amines is 1. The van der Waals surface area contributed by atoms with Crippen LogP contribution in [0, 0.1) is 0 Å². The fourth-order valence-corrected chi connectivity index (χ4v) is 2.56. The van der Waals surface area contributed by atoms with E-state index in [-0.39, 0.29) is 18.2 Å². The second-order valence-electron chi connectivity index (χ2n) is 5.85. The Hall–Kier alpha value is -3.94. The van der Waals surface area contributed by atoms with E-state index in [0.29, 0.717) is 11.5 Å². The topological polar surface area (TPSA) is 103 Å². The van der Waals surface area contributed by atoms with Gasteiger partial charge in [0.2, 0.25) is 5.82 Å². The third-order valence-corrected chi connectivity index (χ3v) is 4.01. The summed E-state index contributed by atoms with van der Waals surface area (Å²) < 4.78 is 15.5. The predicted octanol–water partition coefficient (Wildman–Crippen LogP) is 3.49. The van der Waals surface area contributed by atoms with Crippen molar-refractivity contribution in [3.05, 3.63) is 72.2 Å². The van der Waals surface area contributed by atoms with Gasteiger partial charge in [-0.3, -0.25) is 5.10 Å². The minimum Gasteiger partial charge on any atom is -0.497 e. The van der Waals surface area contributed by atoms with Crippen molar-refractivity contribution in [2.24, 2.45) is 0 Å². The van der Waals surface area contributed by atoms with Crippen molar-refractivity contribution in [2.45, 2.75) is 6.61 Å². The van der Waals surface area contributed by atoms with Gasteiger partial charge < -0.3 is 14.0 Å². The fourth-order valence-electron chi connectivity index (χ4n) is 2.56. The number of ether oxygens (including phenoxy) is 2. The van der Waals surface area contributed by atoms with E-state index >= 15 is 0 Å². The highest BCUT2D eigenvalue weighted by molar-refractivity contribution is 5.88. The molecule has 1 N–H and O–H groups in total. The first-order chi connectivity index (χ1) is 13.7. The molecule has 28 heavy (non-hydrogen) atoms. The molecule has 0 amide bonds. The zero-order chi connectivity index (χ0) is 19.3. The van der Waals surface area contributed by atoms with Crippen molar-refractivity contribution in [3.8, 4) is 28.4 Å². The Bertz CT molecular complexity index is 1070. The van der Waals surface area contributed by atoms with Crippen LogP contribution in [0.15, 0.2) is 65.2 Å². The summed E-state index contributed by atoms with van der Waals surface area (Å²) in [6.45, 7) is -0.137. The van der Waals surface area contributed by atoms with E-state index in [2.05, 4.69) is 20.3 Å². The van der Waals surface area contributed by atoms with Gasteiger partial charge in [-0.25, -0.2) is 4.79 Å². The number of methoxy groups -OCH3 is 1. The maximum atomic E-state index is 12.2. The Kier molecular flexibility index (Phi) is 4.83. The van der Waals surface area contributed by atoms with Gasteiger partial charge >= 0.3 is 5.97 Å². The molecule has 0 aliphatic carbocycles. The minimum absolute atomic E-state index is 0.137. The van der Waals surface area contributed by atoms with Crippen LogP contribution >= 0.6 is 0 Å². The monoisotopic (exact) mass is 376 g/mol. The summed E-state index contributed by atoms with van der Waals surface area (Å²) in [5, 5.41) is 10.7. The zero-order valence-corrected chi connectivity index (χ0v) is 15.0. The van der Waals surface area contributed by atoms with Crippen LogP contribution in [0.5, 0.6) is 5.75 Å². The molecule has 2 aromatic heterocycles. The number of esters is 1. The SMILES string of the molecule is COc1ccc(-c2noc(COC(=O)c3cc(-c4ccccc4)n[nH]3)n2)cc1. The smallest absolute Gasteiger partial charge is 0.356 e. The lowest BCUT2D eigenvalue weighted by molar-refractivity contribution is 0.0423. The lowest BCUT2D eigenvalue weighted by Crippen LogP contribution is -2.05. The molecule has 140 valence electrons. The maximum absolute atomic E-state index is 12.2. The zero-order valence-electron chi connectivity index (χ0n) is 15.0. The summed E-state index contributed by atoms with van der Waals surface area (Å²) in [5.41, 5.74) is 2.57. The second kappa shape index (κ2) is 7.75. The summed E-state index contributed by atoms with van der Waals surface area (Å²) in [7, 11) is 1.60. The summed E-state index contributed by atoms with van der Waals surface area (Å²) in [5.74, 6) is 0.776. The Morgan fingerprint density at radius 3 is 2.61 bits per heavy atom. The van der Waals surface area contributed by atoms with Crippen LogP contribution in [0.3, 0.4) is 0 Å². The van der Waals surface area contributed by atoms with E-state index in [1.807, 2.05) is 42.5 Å². The number of H-pyrrole nitrogens is 1. The van der Waals surface area contributed by atoms with Crippen LogP contribution in [-0.4, -0.2) is 33.4 Å². The lowest BCUT2D eigenvalue weighted by atomic mass is 10.1. The molecule has 0 atom stereocenters. The van der Waals surface area contributed by atoms with Crippen LogP contribution in [0.4, 0.5) is 0 Å². The van der Waals surface area contributed by atoms with E-state index in [0.717, 1.165) is 16.9 Å². The summed E-state index contributed by atoms with van der Waals surface area (Å²) >= 11 is 0. The van der Waals surface area contributed by atoms with Gasteiger partial charge in [-0.1, -0.05) is 35.5 Å². The molecule has 0 saturated carbocycles. The van der Waals surface area contributed by atoms with Crippen LogP contribution in [0.2, 0.25) is 0 Å². The van der Waals surface area contributed by atoms with E-state index in [4.69, 9.17) is 14.0 Å². The lowest BCUT2D eigenvalue weighted by Gasteiger charge is -1.99. The number of nitrogens with one attached hydrogen (secondary N) is 1. The number of rotatable bonds is 6. The quantitative estimate of drug-likeness (QED) is 0.514. The molecule has 2 aromatic carbocycles. The number of carbonyl (C=O) groups is 1. The van der Waals surface area contributed by atoms with Crippen LogP contribution in [-0.2, 0) is 11.3 Å². The van der Waals surface area contributed by atoms with E-state index in [9.17, 15) is 4.79 Å². The molecule has 0 spiro atoms. The van der Waals surface area contributed by atoms with Crippen molar-refractivity contribution in [2.75, 3.05) is 7.11 Å². The highest BCUT2D eigenvalue weighted by Crippen LogP contribution is 2.20. The van der Waals surface area contributed by atoms with Gasteiger partial charge in [0, 0.05) is 11.1 Å². The Balaban J connectivity index is 1.39. The van der Waals surface area contributed by atoms with Gasteiger partial charge in [0.05, 0.1) is 12.8 Å². The molecule has 0 unspecified atom stereocenters. The molecular weight excluding hydrogens is 360 g/mol. The molecule has 0 radical (unpaired) electrons. The van der Waals surface area contributed by atoms with Gasteiger partial charge in [0.25, 0.3) is 5.89 Å². The third-order valence-electron chi connectivity index (χ3n) is 4.01. The molecule has 0 aliphatic rings. The fraction of sp³-hybridized carbons (Fsp3) is 0.100. The minimum atomic E-state index is -0.557. The van der Waals surface area contributed by atoms with Gasteiger partial charge in [-0.2, -0.15) is 10.1 Å².